The molecular formula is C28H30N3O7+. The maximum absolute atomic E-state index is 14.3. The number of benzene rings is 2. The van der Waals surface area contributed by atoms with Crippen molar-refractivity contribution in [3.63, 3.8) is 0 Å². The lowest BCUT2D eigenvalue weighted by atomic mass is 9.94. The van der Waals surface area contributed by atoms with Crippen LogP contribution in [0.25, 0.3) is 0 Å². The summed E-state index contributed by atoms with van der Waals surface area (Å²) in [6.45, 7) is 3.79. The van der Waals surface area contributed by atoms with Crippen molar-refractivity contribution in [1.82, 2.24) is 4.90 Å². The van der Waals surface area contributed by atoms with E-state index < -0.39 is 40.0 Å². The molecule has 3 atom stereocenters. The first-order chi connectivity index (χ1) is 18.1. The SMILES string of the molecule is CC[N+]1(C(=O)N(Cc2ccccc2)[C@@H](C)C2CC2)C(=O)OC2(CCc3cc(NC(=O)C(=O)O)ccc32)C1=O. The topological polar surface area (TPSA) is 130 Å². The Morgan fingerprint density at radius 3 is 2.50 bits per heavy atom. The number of likely N-dealkylation sites (N-methyl/N-ethyl adjacent to an activating group) is 1. The number of carboxylic acid groups (broad SMARTS) is 1. The highest BCUT2D eigenvalue weighted by atomic mass is 16.6. The lowest BCUT2D eigenvalue weighted by Gasteiger charge is -2.33. The normalized spacial score (nSPS) is 24.6. The summed E-state index contributed by atoms with van der Waals surface area (Å²) in [7, 11) is 0. The van der Waals surface area contributed by atoms with Crippen LogP contribution in [0.3, 0.4) is 0 Å². The first-order valence-electron chi connectivity index (χ1n) is 12.8. The van der Waals surface area contributed by atoms with Gasteiger partial charge in [-0.05, 0) is 62.3 Å². The summed E-state index contributed by atoms with van der Waals surface area (Å²) in [5.41, 5.74) is 0.638. The molecule has 5 rings (SSSR count). The zero-order chi connectivity index (χ0) is 27.2. The van der Waals surface area contributed by atoms with Crippen molar-refractivity contribution < 1.29 is 38.3 Å². The van der Waals surface area contributed by atoms with Crippen molar-refractivity contribution in [3.8, 4) is 0 Å². The van der Waals surface area contributed by atoms with Gasteiger partial charge in [-0.3, -0.25) is 9.69 Å². The summed E-state index contributed by atoms with van der Waals surface area (Å²) in [6.07, 6.45) is 1.60. The summed E-state index contributed by atoms with van der Waals surface area (Å²) in [5, 5.41) is 11.2. The van der Waals surface area contributed by atoms with E-state index in [0.717, 1.165) is 18.4 Å². The Hall–Kier alpha value is -4.05. The molecule has 0 radical (unpaired) electrons. The minimum absolute atomic E-state index is 0.0803. The average molecular weight is 521 g/mol. The Labute approximate surface area is 219 Å². The van der Waals surface area contributed by atoms with Crippen LogP contribution in [0.4, 0.5) is 15.3 Å². The molecule has 10 nitrogen and oxygen atoms in total. The van der Waals surface area contributed by atoms with Crippen molar-refractivity contribution in [3.05, 3.63) is 65.2 Å². The van der Waals surface area contributed by atoms with Gasteiger partial charge in [0.15, 0.2) is 0 Å². The number of ether oxygens (including phenoxy) is 1. The Morgan fingerprint density at radius 1 is 1.16 bits per heavy atom. The third-order valence-electron chi connectivity index (χ3n) is 8.04. The van der Waals surface area contributed by atoms with Gasteiger partial charge in [0.25, 0.3) is 5.60 Å². The number of carbonyl (C=O) groups excluding carboxylic acids is 4. The Balaban J connectivity index is 1.49. The molecule has 1 saturated carbocycles. The largest absolute Gasteiger partial charge is 0.534 e. The van der Waals surface area contributed by atoms with E-state index in [-0.39, 0.29) is 31.2 Å². The number of carboxylic acids is 1. The summed E-state index contributed by atoms with van der Waals surface area (Å²) in [6, 6.07) is 13.3. The van der Waals surface area contributed by atoms with Crippen LogP contribution in [-0.4, -0.2) is 57.0 Å². The van der Waals surface area contributed by atoms with Gasteiger partial charge in [0, 0.05) is 23.7 Å². The number of nitrogens with one attached hydrogen (secondary N) is 1. The van der Waals surface area contributed by atoms with Gasteiger partial charge in [-0.1, -0.05) is 40.9 Å². The highest BCUT2D eigenvalue weighted by molar-refractivity contribution is 6.36. The van der Waals surface area contributed by atoms with Crippen molar-refractivity contribution in [2.45, 2.75) is 57.7 Å². The first-order valence-corrected chi connectivity index (χ1v) is 12.8. The number of fused-ring (bicyclic) bond motifs is 2. The number of hydrogen-bond donors (Lipinski definition) is 2. The molecule has 2 aliphatic carbocycles. The van der Waals surface area contributed by atoms with Gasteiger partial charge in [0.2, 0.25) is 0 Å². The Bertz CT molecular complexity index is 1340. The van der Waals surface area contributed by atoms with Crippen LogP contribution in [0.2, 0.25) is 0 Å². The van der Waals surface area contributed by atoms with E-state index >= 15 is 0 Å². The molecular weight excluding hydrogens is 490 g/mol. The third-order valence-corrected chi connectivity index (χ3v) is 8.04. The van der Waals surface area contributed by atoms with Gasteiger partial charge in [0.1, 0.15) is 6.54 Å². The van der Waals surface area contributed by atoms with E-state index in [1.54, 1.807) is 24.0 Å². The molecule has 1 saturated heterocycles. The fourth-order valence-electron chi connectivity index (χ4n) is 5.68. The Kier molecular flexibility index (Phi) is 6.30. The molecule has 1 spiro atoms. The number of quaternary nitrogens is 1. The quantitative estimate of drug-likeness (QED) is 0.438. The van der Waals surface area contributed by atoms with Crippen molar-refractivity contribution in [2.75, 3.05) is 11.9 Å². The second-order valence-corrected chi connectivity index (χ2v) is 10.2. The number of nitrogens with zero attached hydrogens (tertiary/aromatic N) is 2. The van der Waals surface area contributed by atoms with E-state index in [4.69, 9.17) is 9.84 Å². The van der Waals surface area contributed by atoms with Crippen LogP contribution < -0.4 is 5.32 Å². The van der Waals surface area contributed by atoms with Crippen molar-refractivity contribution >= 4 is 35.6 Å². The summed E-state index contributed by atoms with van der Waals surface area (Å²) >= 11 is 0. The number of anilines is 1. The predicted octanol–water partition coefficient (Wildman–Crippen LogP) is 3.79. The number of aryl methyl sites for hydroxylation is 1. The maximum atomic E-state index is 14.3. The molecule has 2 fully saturated rings. The Morgan fingerprint density at radius 2 is 1.87 bits per heavy atom. The molecule has 198 valence electrons. The van der Waals surface area contributed by atoms with Gasteiger partial charge in [-0.15, -0.1) is 0 Å². The van der Waals surface area contributed by atoms with Gasteiger partial charge in [-0.25, -0.2) is 14.4 Å². The number of urea groups is 1. The van der Waals surface area contributed by atoms with Crippen LogP contribution in [0.5, 0.6) is 0 Å². The maximum Gasteiger partial charge on any atom is 0.534 e. The van der Waals surface area contributed by atoms with E-state index in [9.17, 15) is 24.0 Å². The summed E-state index contributed by atoms with van der Waals surface area (Å²) in [5.74, 6) is -3.10. The highest BCUT2D eigenvalue weighted by Gasteiger charge is 2.73. The minimum Gasteiger partial charge on any atom is -0.474 e. The van der Waals surface area contributed by atoms with Gasteiger partial charge in [-0.2, -0.15) is 4.79 Å². The van der Waals surface area contributed by atoms with Crippen molar-refractivity contribution in [1.29, 1.82) is 0 Å². The van der Waals surface area contributed by atoms with Gasteiger partial charge < -0.3 is 15.2 Å². The van der Waals surface area contributed by atoms with Crippen molar-refractivity contribution in [2.24, 2.45) is 5.92 Å². The fraction of sp³-hybridized carbons (Fsp3) is 0.393. The molecule has 2 aromatic carbocycles. The number of amides is 5. The molecule has 10 heteroatoms. The summed E-state index contributed by atoms with van der Waals surface area (Å²) < 4.78 is 4.79. The molecule has 0 bridgehead atoms. The summed E-state index contributed by atoms with van der Waals surface area (Å²) in [4.78, 5) is 66.2. The molecule has 1 heterocycles. The highest BCUT2D eigenvalue weighted by Crippen LogP contribution is 2.49. The molecule has 0 aromatic heterocycles. The number of imide groups is 3. The minimum atomic E-state index is -1.62. The third kappa shape index (κ3) is 3.96. The number of carbonyl (C=O) groups is 5. The van der Waals surface area contributed by atoms with Crippen LogP contribution in [0.15, 0.2) is 48.5 Å². The van der Waals surface area contributed by atoms with Crippen LogP contribution >= 0.6 is 0 Å². The molecule has 2 unspecified atom stereocenters. The van der Waals surface area contributed by atoms with E-state index in [2.05, 4.69) is 5.32 Å². The predicted molar refractivity (Wildman–Crippen MR) is 135 cm³/mol. The standard InChI is InChI=1S/C28H29N3O7/c1-3-31(26(36)30(17(2)19-9-10-19)16-18-7-5-4-6-8-18)25(35)28(38-27(31)37)14-13-20-15-21(11-12-22(20)28)29-23(32)24(33)34/h4-8,11-12,15,17,19H,3,9-10,13-14,16H2,1-2H3,(H-,29,32,33,34)/p+1/t17-,28?,31?/m0/s1. The molecule has 2 aromatic rings. The van der Waals surface area contributed by atoms with E-state index in [0.29, 0.717) is 23.5 Å². The van der Waals surface area contributed by atoms with Gasteiger partial charge >= 0.3 is 29.9 Å². The molecule has 5 amide bonds. The second kappa shape index (κ2) is 9.36. The fourth-order valence-corrected chi connectivity index (χ4v) is 5.68. The monoisotopic (exact) mass is 520 g/mol. The molecule has 3 aliphatic rings. The van der Waals surface area contributed by atoms with Crippen LogP contribution in [-0.2, 0) is 37.7 Å². The van der Waals surface area contributed by atoms with E-state index in [1.165, 1.54) is 6.07 Å². The smallest absolute Gasteiger partial charge is 0.474 e. The first kappa shape index (κ1) is 25.6. The number of hydrogen-bond acceptors (Lipinski definition) is 6. The van der Waals surface area contributed by atoms with Crippen LogP contribution in [0, 0.1) is 5.92 Å². The zero-order valence-electron chi connectivity index (χ0n) is 21.3. The van der Waals surface area contributed by atoms with E-state index in [1.807, 2.05) is 37.3 Å². The molecule has 38 heavy (non-hydrogen) atoms. The van der Waals surface area contributed by atoms with Crippen LogP contribution in [0.1, 0.15) is 49.8 Å². The number of rotatable bonds is 6. The average Bonchev–Trinajstić information content (AvgIpc) is 3.66. The molecule has 2 N–H and O–H groups in total. The lowest BCUT2D eigenvalue weighted by molar-refractivity contribution is -0.690. The zero-order valence-corrected chi connectivity index (χ0v) is 21.3. The lowest BCUT2D eigenvalue weighted by Crippen LogP contribution is -2.64. The van der Waals surface area contributed by atoms with Gasteiger partial charge in [0.05, 0.1) is 6.54 Å². The second-order valence-electron chi connectivity index (χ2n) is 10.2. The number of aliphatic carboxylic acids is 1. The molecule has 1 aliphatic heterocycles.